The van der Waals surface area contributed by atoms with Crippen LogP contribution in [0.15, 0.2) is 12.3 Å². The maximum absolute atomic E-state index is 12.0. The number of aromatic nitrogens is 1. The molecule has 0 saturated heterocycles. The van der Waals surface area contributed by atoms with Crippen LogP contribution < -0.4 is 5.32 Å². The highest BCUT2D eigenvalue weighted by atomic mass is 35.5. The number of hydrogen-bond donors (Lipinski definition) is 2. The van der Waals surface area contributed by atoms with E-state index in [0.29, 0.717) is 16.8 Å². The van der Waals surface area contributed by atoms with Crippen LogP contribution in [0.5, 0.6) is 0 Å². The lowest BCUT2D eigenvalue weighted by Crippen LogP contribution is -2.35. The van der Waals surface area contributed by atoms with E-state index in [1.165, 1.54) is 0 Å². The van der Waals surface area contributed by atoms with Crippen LogP contribution in [0.25, 0.3) is 0 Å². The highest BCUT2D eigenvalue weighted by molar-refractivity contribution is 6.31. The van der Waals surface area contributed by atoms with Gasteiger partial charge >= 0.3 is 0 Å². The van der Waals surface area contributed by atoms with Crippen LogP contribution in [-0.2, 0) is 0 Å². The van der Waals surface area contributed by atoms with Gasteiger partial charge in [-0.3, -0.25) is 4.79 Å². The summed E-state index contributed by atoms with van der Waals surface area (Å²) in [4.78, 5) is 12.0. The molecule has 1 aliphatic carbocycles. The molecule has 1 fully saturated rings. The first kappa shape index (κ1) is 13.4. The highest BCUT2D eigenvalue weighted by Gasteiger charge is 2.28. The number of halogens is 1. The van der Waals surface area contributed by atoms with Crippen LogP contribution in [0, 0.1) is 5.92 Å². The topological polar surface area (TPSA) is 54.3 Å². The van der Waals surface area contributed by atoms with Gasteiger partial charge in [0.25, 0.3) is 5.91 Å². The number of aliphatic hydroxyl groups excluding tert-OH is 1. The lowest BCUT2D eigenvalue weighted by atomic mass is 10.1. The fraction of sp³-hybridized carbons (Fsp3) is 0.615. The lowest BCUT2D eigenvalue weighted by molar-refractivity contribution is 0.0863. The highest BCUT2D eigenvalue weighted by Crippen LogP contribution is 2.37. The first-order valence-corrected chi connectivity index (χ1v) is 6.70. The van der Waals surface area contributed by atoms with E-state index in [0.717, 1.165) is 12.8 Å². The zero-order valence-electron chi connectivity index (χ0n) is 10.7. The molecular formula is C13H19ClN2O2. The van der Waals surface area contributed by atoms with Crippen LogP contribution in [0.1, 0.15) is 43.2 Å². The normalized spacial score (nSPS) is 16.9. The summed E-state index contributed by atoms with van der Waals surface area (Å²) in [5.74, 6) is -0.0439. The van der Waals surface area contributed by atoms with Gasteiger partial charge in [0.1, 0.15) is 5.69 Å². The Bertz CT molecular complexity index is 438. The smallest absolute Gasteiger partial charge is 0.268 e. The molecule has 0 aliphatic heterocycles. The molecule has 1 heterocycles. The third-order valence-corrected chi connectivity index (χ3v) is 3.44. The number of aliphatic hydroxyl groups is 1. The summed E-state index contributed by atoms with van der Waals surface area (Å²) in [5.41, 5.74) is 0.582. The maximum Gasteiger partial charge on any atom is 0.268 e. The van der Waals surface area contributed by atoms with Crippen LogP contribution in [0.3, 0.4) is 0 Å². The van der Waals surface area contributed by atoms with Crippen molar-refractivity contribution in [2.75, 3.05) is 6.54 Å². The van der Waals surface area contributed by atoms with Crippen molar-refractivity contribution in [2.45, 2.75) is 38.8 Å². The molecule has 1 aliphatic rings. The number of hydrogen-bond acceptors (Lipinski definition) is 2. The van der Waals surface area contributed by atoms with Gasteiger partial charge < -0.3 is 15.0 Å². The fourth-order valence-corrected chi connectivity index (χ4v) is 2.01. The Morgan fingerprint density at radius 2 is 2.28 bits per heavy atom. The third-order valence-electron chi connectivity index (χ3n) is 3.23. The Morgan fingerprint density at radius 3 is 2.83 bits per heavy atom. The van der Waals surface area contributed by atoms with E-state index in [1.807, 2.05) is 18.4 Å². The molecule has 0 spiro atoms. The Morgan fingerprint density at radius 1 is 1.61 bits per heavy atom. The first-order valence-electron chi connectivity index (χ1n) is 6.32. The minimum atomic E-state index is -0.520. The molecule has 2 N–H and O–H groups in total. The zero-order chi connectivity index (χ0) is 13.3. The second kappa shape index (κ2) is 5.33. The molecule has 1 aromatic rings. The van der Waals surface area contributed by atoms with E-state index in [1.54, 1.807) is 12.3 Å². The number of amides is 1. The molecule has 4 nitrogen and oxygen atoms in total. The van der Waals surface area contributed by atoms with Crippen molar-refractivity contribution < 1.29 is 9.90 Å². The summed E-state index contributed by atoms with van der Waals surface area (Å²) >= 11 is 5.94. The van der Waals surface area contributed by atoms with Gasteiger partial charge in [0.15, 0.2) is 0 Å². The van der Waals surface area contributed by atoms with Crippen LogP contribution in [0.4, 0.5) is 0 Å². The molecule has 2 rings (SSSR count). The molecule has 1 saturated carbocycles. The van der Waals surface area contributed by atoms with Gasteiger partial charge in [-0.1, -0.05) is 25.4 Å². The van der Waals surface area contributed by atoms with Gasteiger partial charge in [-0.25, -0.2) is 0 Å². The van der Waals surface area contributed by atoms with E-state index in [4.69, 9.17) is 11.6 Å². The summed E-state index contributed by atoms with van der Waals surface area (Å²) in [7, 11) is 0. The predicted molar refractivity (Wildman–Crippen MR) is 70.9 cm³/mol. The number of carbonyl (C=O) groups is 1. The molecule has 1 aromatic heterocycles. The van der Waals surface area contributed by atoms with Gasteiger partial charge in [-0.15, -0.1) is 0 Å². The molecular weight excluding hydrogens is 252 g/mol. The minimum absolute atomic E-state index is 0.129. The van der Waals surface area contributed by atoms with Gasteiger partial charge in [0.2, 0.25) is 0 Å². The van der Waals surface area contributed by atoms with E-state index in [2.05, 4.69) is 5.32 Å². The van der Waals surface area contributed by atoms with Gasteiger partial charge in [0, 0.05) is 18.8 Å². The summed E-state index contributed by atoms with van der Waals surface area (Å²) in [6.07, 6.45) is 3.47. The van der Waals surface area contributed by atoms with Crippen molar-refractivity contribution in [2.24, 2.45) is 5.92 Å². The van der Waals surface area contributed by atoms with Crippen molar-refractivity contribution >= 4 is 17.5 Å². The van der Waals surface area contributed by atoms with Crippen molar-refractivity contribution in [3.05, 3.63) is 23.0 Å². The molecule has 5 heteroatoms. The Balaban J connectivity index is 2.00. The lowest BCUT2D eigenvalue weighted by Gasteiger charge is -2.15. The summed E-state index contributed by atoms with van der Waals surface area (Å²) in [6, 6.07) is 2.09. The van der Waals surface area contributed by atoms with Crippen LogP contribution in [-0.4, -0.2) is 28.2 Å². The van der Waals surface area contributed by atoms with Crippen molar-refractivity contribution in [1.29, 1.82) is 0 Å². The van der Waals surface area contributed by atoms with Gasteiger partial charge in [-0.2, -0.15) is 0 Å². The number of carbonyl (C=O) groups excluding carboxylic acids is 1. The molecule has 1 unspecified atom stereocenters. The van der Waals surface area contributed by atoms with Crippen molar-refractivity contribution in [3.8, 4) is 0 Å². The first-order chi connectivity index (χ1) is 8.49. The third kappa shape index (κ3) is 3.06. The van der Waals surface area contributed by atoms with Crippen molar-refractivity contribution in [3.63, 3.8) is 0 Å². The molecule has 0 radical (unpaired) electrons. The summed E-state index contributed by atoms with van der Waals surface area (Å²) in [6.45, 7) is 4.10. The molecule has 1 amide bonds. The fourth-order valence-electron chi connectivity index (χ4n) is 1.81. The Labute approximate surface area is 112 Å². The molecule has 1 atom stereocenters. The average Bonchev–Trinajstić information content (AvgIpc) is 3.08. The van der Waals surface area contributed by atoms with E-state index >= 15 is 0 Å². The Hall–Kier alpha value is -1.00. The van der Waals surface area contributed by atoms with Gasteiger partial charge in [-0.05, 0) is 24.8 Å². The van der Waals surface area contributed by atoms with E-state index in [9.17, 15) is 9.90 Å². The average molecular weight is 271 g/mol. The molecule has 0 aromatic carbocycles. The monoisotopic (exact) mass is 270 g/mol. The second-order valence-electron chi connectivity index (χ2n) is 5.20. The molecule has 100 valence electrons. The quantitative estimate of drug-likeness (QED) is 0.862. The van der Waals surface area contributed by atoms with E-state index in [-0.39, 0.29) is 18.4 Å². The summed E-state index contributed by atoms with van der Waals surface area (Å²) in [5, 5.41) is 13.0. The Kier molecular flexibility index (Phi) is 3.97. The van der Waals surface area contributed by atoms with Crippen LogP contribution in [0.2, 0.25) is 5.02 Å². The predicted octanol–water partition coefficient (Wildman–Crippen LogP) is 2.22. The number of rotatable bonds is 5. The number of nitrogens with one attached hydrogen (secondary N) is 1. The van der Waals surface area contributed by atoms with E-state index < -0.39 is 6.10 Å². The summed E-state index contributed by atoms with van der Waals surface area (Å²) < 4.78 is 1.93. The van der Waals surface area contributed by atoms with Crippen molar-refractivity contribution in [1.82, 2.24) is 9.88 Å². The second-order valence-corrected chi connectivity index (χ2v) is 5.64. The van der Waals surface area contributed by atoms with Crippen LogP contribution >= 0.6 is 11.6 Å². The maximum atomic E-state index is 12.0. The van der Waals surface area contributed by atoms with Gasteiger partial charge in [0.05, 0.1) is 11.1 Å². The largest absolute Gasteiger partial charge is 0.391 e. The standard InChI is InChI=1S/C13H19ClN2O2/c1-8(2)12(17)6-15-13(18)11-5-9(14)7-16(11)10-3-4-10/h5,7-8,10,12,17H,3-4,6H2,1-2H3,(H,15,18). The molecule has 18 heavy (non-hydrogen) atoms. The number of nitrogens with zero attached hydrogens (tertiary/aromatic N) is 1. The zero-order valence-corrected chi connectivity index (χ0v) is 11.4. The SMILES string of the molecule is CC(C)C(O)CNC(=O)c1cc(Cl)cn1C1CC1. The minimum Gasteiger partial charge on any atom is -0.391 e. The molecule has 0 bridgehead atoms.